The molecule has 7 rings (SSSR count). The third kappa shape index (κ3) is 6.19. The Bertz CT molecular complexity index is 1870. The SMILES string of the molecule is C=C(c1c(/C(F)=C\C)sc(N)c1C#N)c1c2c(c3c(N4C5CCC4CN(CC(C)O)C5)nc(N4CCN(CCCO)CC4)nc3c1P)COC2. The van der Waals surface area contributed by atoms with Crippen LogP contribution in [-0.2, 0) is 18.0 Å². The third-order valence-corrected chi connectivity index (χ3v) is 12.2. The Morgan fingerprint density at radius 1 is 1.16 bits per heavy atom. The van der Waals surface area contributed by atoms with Crippen molar-refractivity contribution in [3.05, 3.63) is 45.3 Å². The van der Waals surface area contributed by atoms with Crippen LogP contribution in [0.25, 0.3) is 22.3 Å². The number of β-amino-alcohol motifs (C(OH)–C–C–N with tert-alkyl or cyclic N) is 1. The van der Waals surface area contributed by atoms with Crippen molar-refractivity contribution in [3.63, 3.8) is 0 Å². The molecule has 266 valence electrons. The Balaban J connectivity index is 1.40. The van der Waals surface area contributed by atoms with Gasteiger partial charge >= 0.3 is 0 Å². The molecular weight excluding hydrogens is 674 g/mol. The lowest BCUT2D eigenvalue weighted by atomic mass is 9.89. The van der Waals surface area contributed by atoms with Gasteiger partial charge in [-0.15, -0.1) is 20.6 Å². The number of nitrogens with two attached hydrogens (primary N) is 1. The Morgan fingerprint density at radius 2 is 1.86 bits per heavy atom. The number of benzene rings is 1. The number of piperazine rings is 2. The number of halogens is 1. The third-order valence-electron chi connectivity index (χ3n) is 10.6. The van der Waals surface area contributed by atoms with Crippen LogP contribution in [-0.4, -0.2) is 107 Å². The molecule has 4 atom stereocenters. The molecule has 3 aromatic rings. The summed E-state index contributed by atoms with van der Waals surface area (Å²) < 4.78 is 21.5. The van der Waals surface area contributed by atoms with Gasteiger partial charge in [0.05, 0.1) is 35.3 Å². The zero-order chi connectivity index (χ0) is 35.3. The highest BCUT2D eigenvalue weighted by Gasteiger charge is 2.43. The van der Waals surface area contributed by atoms with Crippen LogP contribution in [0, 0.1) is 11.3 Å². The van der Waals surface area contributed by atoms with Gasteiger partial charge in [0.1, 0.15) is 22.7 Å². The molecule has 4 unspecified atom stereocenters. The number of aliphatic hydroxyl groups is 2. The Morgan fingerprint density at radius 3 is 2.50 bits per heavy atom. The number of hydrogen-bond acceptors (Lipinski definition) is 12. The number of aliphatic hydroxyl groups excluding tert-OH is 2. The molecule has 4 aliphatic rings. The van der Waals surface area contributed by atoms with Gasteiger partial charge in [0.25, 0.3) is 0 Å². The van der Waals surface area contributed by atoms with Crippen LogP contribution in [0.3, 0.4) is 0 Å². The van der Waals surface area contributed by atoms with Crippen LogP contribution < -0.4 is 20.8 Å². The van der Waals surface area contributed by atoms with Gasteiger partial charge in [-0.3, -0.25) is 9.80 Å². The number of nitrogen functional groups attached to an aromatic ring is 1. The van der Waals surface area contributed by atoms with E-state index in [-0.39, 0.29) is 29.3 Å². The molecule has 0 saturated carbocycles. The van der Waals surface area contributed by atoms with Crippen molar-refractivity contribution in [3.8, 4) is 6.07 Å². The summed E-state index contributed by atoms with van der Waals surface area (Å²) in [5.74, 6) is 1.13. The highest BCUT2D eigenvalue weighted by atomic mass is 32.1. The number of likely N-dealkylation sites (tertiary alicyclic amines) is 1. The van der Waals surface area contributed by atoms with E-state index in [0.29, 0.717) is 41.7 Å². The van der Waals surface area contributed by atoms with Gasteiger partial charge in [-0.1, -0.05) is 12.7 Å². The van der Waals surface area contributed by atoms with Crippen LogP contribution in [0.15, 0.2) is 12.7 Å². The number of allylic oxidation sites excluding steroid dienone is 1. The standard InChI is InChI=1S/C36H46FN8O3PS/c1-4-27(37)33-29(24(14-38)34(39)50-33)21(3)28-25-18-48-19-26(25)30-31(32(28)49)40-36(44-11-9-42(10-12-44)8-5-13-46)41-35(30)45-22-6-7-23(45)17-43(16-22)15-20(2)47/h4,20,22-23,46-47H,3,5-13,15-19,39,49H2,1-2H3/b27-4+. The van der Waals surface area contributed by atoms with Crippen LogP contribution in [0.4, 0.5) is 21.2 Å². The molecule has 0 aliphatic carbocycles. The largest absolute Gasteiger partial charge is 0.396 e. The summed E-state index contributed by atoms with van der Waals surface area (Å²) in [5.41, 5.74) is 10.9. The van der Waals surface area contributed by atoms with Crippen LogP contribution in [0.5, 0.6) is 0 Å². The fraction of sp³-hybridized carbons (Fsp3) is 0.528. The van der Waals surface area contributed by atoms with Crippen molar-refractivity contribution in [2.45, 2.75) is 64.5 Å². The van der Waals surface area contributed by atoms with E-state index in [1.54, 1.807) is 6.92 Å². The quantitative estimate of drug-likeness (QED) is 0.265. The number of anilines is 3. The van der Waals surface area contributed by atoms with E-state index in [9.17, 15) is 15.5 Å². The van der Waals surface area contributed by atoms with E-state index >= 15 is 4.39 Å². The average Bonchev–Trinajstić information content (AvgIpc) is 3.80. The number of fused-ring (bicyclic) bond motifs is 5. The van der Waals surface area contributed by atoms with Gasteiger partial charge in [0, 0.05) is 87.3 Å². The lowest BCUT2D eigenvalue weighted by Crippen LogP contribution is -2.55. The van der Waals surface area contributed by atoms with E-state index in [0.717, 1.165) is 115 Å². The molecule has 0 radical (unpaired) electrons. The minimum Gasteiger partial charge on any atom is -0.396 e. The number of thiophene rings is 1. The topological polar surface area (TPSA) is 138 Å². The first-order chi connectivity index (χ1) is 24.1. The number of aromatic nitrogens is 2. The first-order valence-electron chi connectivity index (χ1n) is 17.5. The molecule has 2 aromatic heterocycles. The summed E-state index contributed by atoms with van der Waals surface area (Å²) in [6.07, 6.45) is 3.82. The number of rotatable bonds is 10. The number of nitrogens with zero attached hydrogens (tertiary/aromatic N) is 7. The summed E-state index contributed by atoms with van der Waals surface area (Å²) in [6.45, 7) is 15.3. The maximum atomic E-state index is 15.3. The number of hydrogen-bond donors (Lipinski definition) is 3. The lowest BCUT2D eigenvalue weighted by Gasteiger charge is -2.43. The van der Waals surface area contributed by atoms with Gasteiger partial charge < -0.3 is 30.5 Å². The van der Waals surface area contributed by atoms with Crippen LogP contribution in [0.1, 0.15) is 65.8 Å². The second-order valence-corrected chi connectivity index (χ2v) is 15.5. The number of nitriles is 1. The molecule has 0 amide bonds. The number of ether oxygens (including phenoxy) is 1. The van der Waals surface area contributed by atoms with Crippen molar-refractivity contribution in [2.24, 2.45) is 0 Å². The average molecular weight is 721 g/mol. The predicted octanol–water partition coefficient (Wildman–Crippen LogP) is 3.61. The van der Waals surface area contributed by atoms with E-state index in [4.69, 9.17) is 20.4 Å². The van der Waals surface area contributed by atoms with Gasteiger partial charge in [0.2, 0.25) is 5.95 Å². The zero-order valence-corrected chi connectivity index (χ0v) is 30.8. The van der Waals surface area contributed by atoms with Gasteiger partial charge in [-0.05, 0) is 55.4 Å². The summed E-state index contributed by atoms with van der Waals surface area (Å²) >= 11 is 1.06. The minimum absolute atomic E-state index is 0.180. The molecule has 4 N–H and O–H groups in total. The molecule has 6 heterocycles. The Kier molecular flexibility index (Phi) is 10.2. The van der Waals surface area contributed by atoms with Crippen molar-refractivity contribution >= 4 is 65.0 Å². The highest BCUT2D eigenvalue weighted by molar-refractivity contribution is 7.28. The monoisotopic (exact) mass is 720 g/mol. The van der Waals surface area contributed by atoms with Crippen molar-refractivity contribution in [1.82, 2.24) is 19.8 Å². The molecular formula is C36H46FN8O3PS. The second-order valence-electron chi connectivity index (χ2n) is 13.8. The van der Waals surface area contributed by atoms with Crippen LogP contribution >= 0.6 is 20.6 Å². The van der Waals surface area contributed by atoms with Crippen LogP contribution in [0.2, 0.25) is 0 Å². The second kappa shape index (κ2) is 14.4. The van der Waals surface area contributed by atoms with E-state index in [1.165, 1.54) is 6.08 Å². The predicted molar refractivity (Wildman–Crippen MR) is 201 cm³/mol. The highest BCUT2D eigenvalue weighted by Crippen LogP contribution is 2.47. The molecule has 50 heavy (non-hydrogen) atoms. The molecule has 4 aliphatic heterocycles. The van der Waals surface area contributed by atoms with E-state index in [2.05, 4.69) is 41.5 Å². The molecule has 1 aromatic carbocycles. The van der Waals surface area contributed by atoms with E-state index < -0.39 is 11.9 Å². The van der Waals surface area contributed by atoms with E-state index in [1.807, 2.05) is 6.92 Å². The summed E-state index contributed by atoms with van der Waals surface area (Å²) in [4.78, 5) is 20.5. The first kappa shape index (κ1) is 35.2. The molecule has 2 bridgehead atoms. The lowest BCUT2D eigenvalue weighted by molar-refractivity contribution is 0.111. The molecule has 14 heteroatoms. The van der Waals surface area contributed by atoms with Gasteiger partial charge in [-0.25, -0.2) is 9.37 Å². The molecule has 3 fully saturated rings. The summed E-state index contributed by atoms with van der Waals surface area (Å²) in [6, 6.07) is 2.69. The maximum Gasteiger partial charge on any atom is 0.228 e. The molecule has 3 saturated heterocycles. The Hall–Kier alpha value is -3.21. The van der Waals surface area contributed by atoms with Gasteiger partial charge in [-0.2, -0.15) is 10.2 Å². The first-order valence-corrected chi connectivity index (χ1v) is 18.9. The van der Waals surface area contributed by atoms with Crippen molar-refractivity contribution in [2.75, 3.05) is 74.5 Å². The van der Waals surface area contributed by atoms with Gasteiger partial charge in [0.15, 0.2) is 0 Å². The van der Waals surface area contributed by atoms with Crippen molar-refractivity contribution in [1.29, 1.82) is 5.26 Å². The maximum absolute atomic E-state index is 15.3. The van der Waals surface area contributed by atoms with Crippen molar-refractivity contribution < 1.29 is 19.3 Å². The molecule has 11 nitrogen and oxygen atoms in total. The zero-order valence-electron chi connectivity index (χ0n) is 28.8. The summed E-state index contributed by atoms with van der Waals surface area (Å²) in [7, 11) is 2.90. The molecule has 0 spiro atoms. The minimum atomic E-state index is -0.450. The fourth-order valence-electron chi connectivity index (χ4n) is 8.34. The smallest absolute Gasteiger partial charge is 0.228 e. The summed E-state index contributed by atoms with van der Waals surface area (Å²) in [5, 5.41) is 31.7. The normalized spacial score (nSPS) is 22.0. The Labute approximate surface area is 299 Å². The fourth-order valence-corrected chi connectivity index (χ4v) is 9.91.